The molecule has 0 aliphatic heterocycles. The molecule has 0 amide bonds. The number of halogens is 2. The van der Waals surface area contributed by atoms with E-state index in [4.69, 9.17) is 25.9 Å². The van der Waals surface area contributed by atoms with Crippen LogP contribution in [0.4, 0.5) is 0 Å². The summed E-state index contributed by atoms with van der Waals surface area (Å²) in [6, 6.07) is 43.9. The van der Waals surface area contributed by atoms with E-state index in [-0.39, 0.29) is 5.43 Å². The fourth-order valence-corrected chi connectivity index (χ4v) is 8.60. The fraction of sp³-hybridized carbons (Fsp3) is 0.179. The summed E-state index contributed by atoms with van der Waals surface area (Å²) < 4.78 is 11.9. The van der Waals surface area contributed by atoms with Crippen LogP contribution in [0.5, 0.6) is 0 Å². The molecule has 0 fully saturated rings. The van der Waals surface area contributed by atoms with Gasteiger partial charge in [0.25, 0.3) is 0 Å². The number of furan rings is 2. The van der Waals surface area contributed by atoms with Crippen LogP contribution in [-0.4, -0.2) is 5.43 Å². The minimum absolute atomic E-state index is 0.224. The molecule has 0 atom stereocenters. The molecular formula is C56H52Cl2O2SiZr-2. The van der Waals surface area contributed by atoms with E-state index in [1.807, 2.05) is 24.7 Å². The van der Waals surface area contributed by atoms with E-state index in [1.54, 1.807) is 0 Å². The van der Waals surface area contributed by atoms with Crippen LogP contribution in [0.3, 0.4) is 0 Å². The first-order chi connectivity index (χ1) is 29.7. The molecule has 8 aromatic carbocycles. The summed E-state index contributed by atoms with van der Waals surface area (Å²) >= 11 is -1.65. The van der Waals surface area contributed by atoms with E-state index >= 15 is 0 Å². The third-order valence-electron chi connectivity index (χ3n) is 12.5. The minimum Gasteiger partial charge on any atom is -0.498 e. The van der Waals surface area contributed by atoms with E-state index < -0.39 is 18.0 Å². The monoisotopic (exact) mass is 944 g/mol. The number of rotatable bonds is 4. The molecule has 62 heavy (non-hydrogen) atoms. The molecule has 0 saturated heterocycles. The maximum absolute atomic E-state index is 5.96. The Bertz CT molecular complexity index is 3060. The maximum Gasteiger partial charge on any atom is 0.0875 e. The standard InChI is InChI=1S/2C27H23O.C2H6Si.2ClH.Zr/c2*1-16-9-10-20-13-23(27-24-8-6-5-7-21(24)15-28-27)14-25(20)26(16)22-11-17(2)19(4)18(3)12-22;1-3-2;;;/h2*5-15H,1-4H3;1-2H3;2*1H;/q2*-1;;;;+2/p-2. The van der Waals surface area contributed by atoms with Gasteiger partial charge in [0.1, 0.15) is 0 Å². The van der Waals surface area contributed by atoms with Gasteiger partial charge in [-0.15, -0.1) is 57.9 Å². The van der Waals surface area contributed by atoms with Crippen molar-refractivity contribution < 1.29 is 26.8 Å². The Morgan fingerprint density at radius 3 is 1.16 bits per heavy atom. The first kappa shape index (κ1) is 43.9. The van der Waals surface area contributed by atoms with Crippen molar-refractivity contribution in [3.63, 3.8) is 0 Å². The molecule has 0 radical (unpaired) electrons. The quantitative estimate of drug-likeness (QED) is 0.130. The fourth-order valence-electron chi connectivity index (χ4n) is 8.60. The zero-order valence-corrected chi connectivity index (χ0v) is 42.2. The van der Waals surface area contributed by atoms with E-state index in [0.717, 1.165) is 44.2 Å². The van der Waals surface area contributed by atoms with Crippen LogP contribution in [0.15, 0.2) is 143 Å². The smallest absolute Gasteiger partial charge is 0.0875 e. The van der Waals surface area contributed by atoms with Crippen molar-refractivity contribution in [2.45, 2.75) is 68.5 Å². The van der Waals surface area contributed by atoms with Gasteiger partial charge in [-0.3, -0.25) is 0 Å². The van der Waals surface area contributed by atoms with Crippen molar-refractivity contribution in [2.24, 2.45) is 0 Å². The molecule has 2 aromatic heterocycles. The van der Waals surface area contributed by atoms with Crippen molar-refractivity contribution in [2.75, 3.05) is 0 Å². The molecule has 0 bridgehead atoms. The Kier molecular flexibility index (Phi) is 12.9. The average molecular weight is 947 g/mol. The van der Waals surface area contributed by atoms with Crippen LogP contribution in [0.2, 0.25) is 13.1 Å². The first-order valence-corrected chi connectivity index (χ1v) is 33.7. The zero-order valence-electron chi connectivity index (χ0n) is 37.3. The predicted molar refractivity (Wildman–Crippen MR) is 267 cm³/mol. The Morgan fingerprint density at radius 1 is 0.452 bits per heavy atom. The molecule has 2 nitrogen and oxygen atoms in total. The van der Waals surface area contributed by atoms with Gasteiger partial charge < -0.3 is 8.83 Å². The van der Waals surface area contributed by atoms with Crippen molar-refractivity contribution in [3.8, 4) is 44.9 Å². The number of fused-ring (bicyclic) bond motifs is 4. The summed E-state index contributed by atoms with van der Waals surface area (Å²) in [5.74, 6) is 1.90. The molecular weight excluding hydrogens is 895 g/mol. The van der Waals surface area contributed by atoms with Gasteiger partial charge in [0.2, 0.25) is 0 Å². The summed E-state index contributed by atoms with van der Waals surface area (Å²) in [6.45, 7) is 21.9. The van der Waals surface area contributed by atoms with Crippen molar-refractivity contribution in [3.05, 3.63) is 178 Å². The number of benzene rings is 6. The van der Waals surface area contributed by atoms with Gasteiger partial charge in [-0.1, -0.05) is 107 Å². The molecule has 10 aromatic rings. The van der Waals surface area contributed by atoms with Gasteiger partial charge in [0.05, 0.1) is 24.0 Å². The second-order valence-electron chi connectivity index (χ2n) is 17.0. The molecule has 0 unspecified atom stereocenters. The summed E-state index contributed by atoms with van der Waals surface area (Å²) in [5, 5.41) is 9.71. The van der Waals surface area contributed by atoms with Gasteiger partial charge in [0, 0.05) is 10.8 Å². The van der Waals surface area contributed by atoms with E-state index in [2.05, 4.69) is 178 Å². The van der Waals surface area contributed by atoms with Gasteiger partial charge in [-0.25, -0.2) is 0 Å². The second-order valence-corrected chi connectivity index (χ2v) is 40.0. The Hall–Kier alpha value is -4.70. The molecule has 0 spiro atoms. The molecule has 0 aliphatic carbocycles. The predicted octanol–water partition coefficient (Wildman–Crippen LogP) is 17.9. The van der Waals surface area contributed by atoms with Crippen LogP contribution in [0.1, 0.15) is 44.5 Å². The van der Waals surface area contributed by atoms with Gasteiger partial charge in [0.15, 0.2) is 0 Å². The van der Waals surface area contributed by atoms with E-state index in [0.29, 0.717) is 0 Å². The summed E-state index contributed by atoms with van der Waals surface area (Å²) in [5.41, 5.74) is 18.0. The minimum atomic E-state index is -1.65. The van der Waals surface area contributed by atoms with E-state index in [9.17, 15) is 0 Å². The summed E-state index contributed by atoms with van der Waals surface area (Å²) in [4.78, 5) is 0. The SMILES string of the molecule is C[Si](C)=[Zr]([Cl])[Cl].Cc1cc(-c2c(C)ccc3[cH-]c(-c4occ5ccccc45)cc23)cc(C)c1C.Cc1cc(-c2c(C)ccc3[cH-]c(-c4occ5ccccc45)cc23)cc(C)c1C. The molecule has 2 heterocycles. The van der Waals surface area contributed by atoms with Crippen LogP contribution in [0, 0.1) is 55.4 Å². The topological polar surface area (TPSA) is 26.3 Å². The molecule has 6 heteroatoms. The Balaban J connectivity index is 0.000000151. The Morgan fingerprint density at radius 2 is 0.806 bits per heavy atom. The third-order valence-corrected chi connectivity index (χ3v) is 32.3. The second kappa shape index (κ2) is 18.2. The first-order valence-electron chi connectivity index (χ1n) is 21.2. The van der Waals surface area contributed by atoms with E-state index in [1.165, 1.54) is 88.3 Å². The summed E-state index contributed by atoms with van der Waals surface area (Å²) in [7, 11) is 11.2. The normalized spacial score (nSPS) is 11.2. The number of hydrogen-bond acceptors (Lipinski definition) is 2. The van der Waals surface area contributed by atoms with Crippen molar-refractivity contribution >= 4 is 65.5 Å². The molecule has 0 N–H and O–H groups in total. The van der Waals surface area contributed by atoms with Crippen molar-refractivity contribution in [1.29, 1.82) is 0 Å². The molecule has 0 aliphatic rings. The molecule has 10 rings (SSSR count). The molecule has 312 valence electrons. The Labute approximate surface area is 381 Å². The zero-order chi connectivity index (χ0) is 44.0. The number of hydrogen-bond donors (Lipinski definition) is 0. The number of aryl methyl sites for hydroxylation is 6. The van der Waals surface area contributed by atoms with Gasteiger partial charge >= 0.3 is 53.5 Å². The average Bonchev–Trinajstić information content (AvgIpc) is 4.06. The molecule has 0 saturated carbocycles. The van der Waals surface area contributed by atoms with Crippen LogP contribution in [-0.2, 0) is 18.0 Å². The van der Waals surface area contributed by atoms with Crippen LogP contribution in [0.25, 0.3) is 88.0 Å². The van der Waals surface area contributed by atoms with Crippen molar-refractivity contribution in [1.82, 2.24) is 0 Å². The summed E-state index contributed by atoms with van der Waals surface area (Å²) in [6.07, 6.45) is 3.70. The van der Waals surface area contributed by atoms with Gasteiger partial charge in [-0.2, -0.15) is 0 Å². The van der Waals surface area contributed by atoms with Crippen LogP contribution < -0.4 is 0 Å². The third kappa shape index (κ3) is 8.65. The van der Waals surface area contributed by atoms with Gasteiger partial charge in [-0.05, 0) is 122 Å². The maximum atomic E-state index is 5.96. The van der Waals surface area contributed by atoms with Crippen LogP contribution >= 0.6 is 17.0 Å². The largest absolute Gasteiger partial charge is 0.498 e.